The van der Waals surface area contributed by atoms with Crippen LogP contribution in [0.15, 0.2) is 54.7 Å². The fourth-order valence-corrected chi connectivity index (χ4v) is 3.39. The number of aromatic nitrogens is 2. The van der Waals surface area contributed by atoms with Gasteiger partial charge < -0.3 is 4.90 Å². The Morgan fingerprint density at radius 3 is 2.56 bits per heavy atom. The highest BCUT2D eigenvalue weighted by Gasteiger charge is 2.33. The summed E-state index contributed by atoms with van der Waals surface area (Å²) in [6, 6.07) is 15.2. The van der Waals surface area contributed by atoms with Crippen LogP contribution in [0.3, 0.4) is 0 Å². The second kappa shape index (κ2) is 5.93. The molecule has 0 aliphatic carbocycles. The Hall–Kier alpha value is -2.79. The maximum atomic E-state index is 13.4. The topological polar surface area (TPSA) is 41.4 Å². The molecule has 4 rings (SSSR count). The molecule has 0 radical (unpaired) electrons. The van der Waals surface area contributed by atoms with Crippen molar-refractivity contribution in [3.05, 3.63) is 65.3 Å². The maximum absolute atomic E-state index is 13.4. The van der Waals surface area contributed by atoms with Crippen molar-refractivity contribution in [2.45, 2.75) is 6.92 Å². The number of carbonyl (C=O) groups is 1. The van der Waals surface area contributed by atoms with Crippen LogP contribution in [0, 0.1) is 0 Å². The first kappa shape index (κ1) is 15.7. The number of aryl methyl sites for hydroxylation is 1. The Balaban J connectivity index is 2.04. The Morgan fingerprint density at radius 2 is 1.84 bits per heavy atom. The summed E-state index contributed by atoms with van der Waals surface area (Å²) in [5, 5.41) is 5.11. The number of amides is 1. The van der Waals surface area contributed by atoms with E-state index in [2.05, 4.69) is 5.10 Å². The van der Waals surface area contributed by atoms with Crippen LogP contribution in [-0.4, -0.2) is 22.2 Å². The van der Waals surface area contributed by atoms with Crippen molar-refractivity contribution in [3.63, 3.8) is 0 Å². The van der Waals surface area contributed by atoms with Crippen molar-refractivity contribution in [2.24, 2.45) is 7.05 Å². The van der Waals surface area contributed by atoms with Crippen molar-refractivity contribution in [1.82, 2.24) is 9.78 Å². The van der Waals surface area contributed by atoms with Gasteiger partial charge >= 0.3 is 0 Å². The predicted octanol–water partition coefficient (Wildman–Crippen LogP) is 4.52. The summed E-state index contributed by atoms with van der Waals surface area (Å²) in [5.74, 6) is 0.547. The number of hydrogen-bond donors (Lipinski definition) is 0. The summed E-state index contributed by atoms with van der Waals surface area (Å²) >= 11 is 6.26. The van der Waals surface area contributed by atoms with Gasteiger partial charge in [0.15, 0.2) is 5.82 Å². The van der Waals surface area contributed by atoms with Crippen LogP contribution in [-0.2, 0) is 7.05 Å². The molecular formula is C19H17ClN4O. The van der Waals surface area contributed by atoms with Crippen molar-refractivity contribution in [3.8, 4) is 0 Å². The Bertz CT molecular complexity index is 951. The van der Waals surface area contributed by atoms with Crippen molar-refractivity contribution < 1.29 is 4.79 Å². The highest BCUT2D eigenvalue weighted by molar-refractivity contribution is 6.31. The molecule has 2 heterocycles. The number of para-hydroxylation sites is 1. The molecule has 0 bridgehead atoms. The van der Waals surface area contributed by atoms with Gasteiger partial charge in [0, 0.05) is 30.5 Å². The minimum Gasteiger partial charge on any atom is -0.323 e. The lowest BCUT2D eigenvalue weighted by molar-refractivity contribution is 0.100. The minimum absolute atomic E-state index is 0.117. The molecule has 0 saturated carbocycles. The normalized spacial score (nSPS) is 13.5. The molecule has 0 saturated heterocycles. The summed E-state index contributed by atoms with van der Waals surface area (Å²) < 4.78 is 1.68. The Kier molecular flexibility index (Phi) is 3.73. The molecule has 2 aromatic carbocycles. The average molecular weight is 353 g/mol. The van der Waals surface area contributed by atoms with E-state index in [9.17, 15) is 4.79 Å². The van der Waals surface area contributed by atoms with E-state index in [0.29, 0.717) is 22.9 Å². The van der Waals surface area contributed by atoms with Crippen molar-refractivity contribution in [1.29, 1.82) is 0 Å². The Labute approximate surface area is 151 Å². The summed E-state index contributed by atoms with van der Waals surface area (Å²) in [5.41, 5.74) is 3.03. The van der Waals surface area contributed by atoms with E-state index in [4.69, 9.17) is 11.6 Å². The molecule has 0 unspecified atom stereocenters. The van der Waals surface area contributed by atoms with Crippen molar-refractivity contribution >= 4 is 40.4 Å². The molecule has 126 valence electrons. The minimum atomic E-state index is -0.117. The van der Waals surface area contributed by atoms with E-state index in [1.807, 2.05) is 67.4 Å². The van der Waals surface area contributed by atoms with Crippen LogP contribution in [0.4, 0.5) is 22.9 Å². The molecule has 0 N–H and O–H groups in total. The van der Waals surface area contributed by atoms with E-state index in [0.717, 1.165) is 17.1 Å². The van der Waals surface area contributed by atoms with Gasteiger partial charge in [0.25, 0.3) is 5.91 Å². The van der Waals surface area contributed by atoms with Gasteiger partial charge in [-0.05, 0) is 37.3 Å². The van der Waals surface area contributed by atoms with E-state index in [-0.39, 0.29) is 5.91 Å². The third-order valence-electron chi connectivity index (χ3n) is 4.30. The molecule has 1 amide bonds. The lowest BCUT2D eigenvalue weighted by atomic mass is 10.2. The summed E-state index contributed by atoms with van der Waals surface area (Å²) in [7, 11) is 1.82. The zero-order valence-electron chi connectivity index (χ0n) is 14.0. The van der Waals surface area contributed by atoms with Gasteiger partial charge in [0.05, 0.1) is 11.4 Å². The fraction of sp³-hybridized carbons (Fsp3) is 0.158. The average Bonchev–Trinajstić information content (AvgIpc) is 2.96. The molecule has 25 heavy (non-hydrogen) atoms. The molecule has 1 aliphatic rings. The molecule has 0 spiro atoms. The van der Waals surface area contributed by atoms with Crippen LogP contribution in [0.5, 0.6) is 0 Å². The molecule has 1 aliphatic heterocycles. The number of hydrogen-bond acceptors (Lipinski definition) is 3. The third-order valence-corrected chi connectivity index (χ3v) is 4.53. The third kappa shape index (κ3) is 2.48. The number of halogens is 1. The predicted molar refractivity (Wildman–Crippen MR) is 100 cm³/mol. The van der Waals surface area contributed by atoms with Crippen LogP contribution < -0.4 is 9.80 Å². The van der Waals surface area contributed by atoms with E-state index >= 15 is 0 Å². The van der Waals surface area contributed by atoms with Crippen LogP contribution in [0.1, 0.15) is 17.3 Å². The standard InChI is InChI=1S/C19H17ClN4O/c1-3-23-16-10-9-13(20)11-17(16)24(14-7-5-4-6-8-14)19(25)15-12-22(2)21-18(15)23/h4-12H,3H2,1-2H3. The number of nitrogens with zero attached hydrogens (tertiary/aromatic N) is 4. The molecular weight excluding hydrogens is 336 g/mol. The van der Waals surface area contributed by atoms with Crippen molar-refractivity contribution in [2.75, 3.05) is 16.3 Å². The zero-order valence-corrected chi connectivity index (χ0v) is 14.7. The number of rotatable bonds is 2. The zero-order chi connectivity index (χ0) is 17.6. The van der Waals surface area contributed by atoms with Gasteiger partial charge in [-0.2, -0.15) is 5.10 Å². The number of fused-ring (bicyclic) bond motifs is 2. The molecule has 0 fully saturated rings. The molecule has 1 aromatic heterocycles. The summed E-state index contributed by atoms with van der Waals surface area (Å²) in [4.78, 5) is 17.1. The second-order valence-electron chi connectivity index (χ2n) is 5.89. The van der Waals surface area contributed by atoms with Crippen LogP contribution in [0.25, 0.3) is 0 Å². The van der Waals surface area contributed by atoms with Gasteiger partial charge in [-0.1, -0.05) is 29.8 Å². The SMILES string of the molecule is CCN1c2ccc(Cl)cc2N(c2ccccc2)C(=O)c2cn(C)nc21. The first-order chi connectivity index (χ1) is 12.1. The first-order valence-electron chi connectivity index (χ1n) is 8.10. The van der Waals surface area contributed by atoms with Gasteiger partial charge in [0.2, 0.25) is 0 Å². The molecule has 0 atom stereocenters. The quantitative estimate of drug-likeness (QED) is 0.680. The van der Waals surface area contributed by atoms with E-state index in [1.54, 1.807) is 15.8 Å². The Morgan fingerprint density at radius 1 is 1.08 bits per heavy atom. The lowest BCUT2D eigenvalue weighted by Crippen LogP contribution is -2.25. The highest BCUT2D eigenvalue weighted by atomic mass is 35.5. The van der Waals surface area contributed by atoms with Crippen LogP contribution >= 0.6 is 11.6 Å². The lowest BCUT2D eigenvalue weighted by Gasteiger charge is -2.26. The summed E-state index contributed by atoms with van der Waals surface area (Å²) in [6.45, 7) is 2.73. The maximum Gasteiger partial charge on any atom is 0.268 e. The molecule has 3 aromatic rings. The van der Waals surface area contributed by atoms with E-state index in [1.165, 1.54) is 0 Å². The van der Waals surface area contributed by atoms with Crippen LogP contribution in [0.2, 0.25) is 5.02 Å². The molecule has 5 nitrogen and oxygen atoms in total. The highest BCUT2D eigenvalue weighted by Crippen LogP contribution is 2.43. The number of carbonyl (C=O) groups excluding carboxylic acids is 1. The van der Waals surface area contributed by atoms with Gasteiger partial charge in [-0.3, -0.25) is 14.4 Å². The molecule has 6 heteroatoms. The van der Waals surface area contributed by atoms with Gasteiger partial charge in [0.1, 0.15) is 5.56 Å². The van der Waals surface area contributed by atoms with Gasteiger partial charge in [-0.15, -0.1) is 0 Å². The smallest absolute Gasteiger partial charge is 0.268 e. The number of anilines is 4. The summed E-state index contributed by atoms with van der Waals surface area (Å²) in [6.07, 6.45) is 1.77. The fourth-order valence-electron chi connectivity index (χ4n) is 3.23. The largest absolute Gasteiger partial charge is 0.323 e. The monoisotopic (exact) mass is 352 g/mol. The van der Waals surface area contributed by atoms with Gasteiger partial charge in [-0.25, -0.2) is 0 Å². The second-order valence-corrected chi connectivity index (χ2v) is 6.33. The van der Waals surface area contributed by atoms with E-state index < -0.39 is 0 Å². The first-order valence-corrected chi connectivity index (χ1v) is 8.48. The number of benzene rings is 2.